The lowest BCUT2D eigenvalue weighted by Crippen LogP contribution is -2.11. The number of aromatic nitrogens is 5. The van der Waals surface area contributed by atoms with E-state index in [1.807, 2.05) is 47.2 Å². The molecule has 0 aliphatic carbocycles. The highest BCUT2D eigenvalue weighted by Gasteiger charge is 2.17. The van der Waals surface area contributed by atoms with Crippen LogP contribution in [-0.4, -0.2) is 24.7 Å². The van der Waals surface area contributed by atoms with Crippen LogP contribution >= 0.6 is 23.1 Å². The van der Waals surface area contributed by atoms with Gasteiger partial charge in [-0.2, -0.15) is 0 Å². The zero-order valence-electron chi connectivity index (χ0n) is 18.4. The van der Waals surface area contributed by atoms with Crippen LogP contribution in [0.5, 0.6) is 5.75 Å². The summed E-state index contributed by atoms with van der Waals surface area (Å²) >= 11 is 2.87. The van der Waals surface area contributed by atoms with Gasteiger partial charge in [-0.1, -0.05) is 30.0 Å². The number of ether oxygens (including phenoxy) is 1. The van der Waals surface area contributed by atoms with Crippen molar-refractivity contribution < 1.29 is 9.15 Å². The van der Waals surface area contributed by atoms with Crippen LogP contribution in [0.1, 0.15) is 17.2 Å². The molecule has 34 heavy (non-hydrogen) atoms. The Morgan fingerprint density at radius 3 is 3.00 bits per heavy atom. The molecule has 4 aromatic heterocycles. The van der Waals surface area contributed by atoms with Gasteiger partial charge in [0.25, 0.3) is 5.56 Å². The van der Waals surface area contributed by atoms with Gasteiger partial charge >= 0.3 is 0 Å². The molecule has 4 heterocycles. The van der Waals surface area contributed by atoms with Gasteiger partial charge in [0.05, 0.1) is 17.4 Å². The normalized spacial score (nSPS) is 11.2. The Bertz CT molecular complexity index is 1500. The van der Waals surface area contributed by atoms with Crippen LogP contribution < -0.4 is 10.3 Å². The van der Waals surface area contributed by atoms with E-state index in [1.54, 1.807) is 18.4 Å². The third kappa shape index (κ3) is 4.55. The molecular formula is C24H21N5O3S2. The molecule has 5 rings (SSSR count). The Hall–Kier alpha value is -3.63. The predicted octanol–water partition coefficient (Wildman–Crippen LogP) is 5.20. The summed E-state index contributed by atoms with van der Waals surface area (Å²) in [5.41, 5.74) is 1.69. The molecule has 5 aromatic rings. The van der Waals surface area contributed by atoms with Crippen LogP contribution in [0.2, 0.25) is 0 Å². The van der Waals surface area contributed by atoms with Gasteiger partial charge in [0.15, 0.2) is 11.0 Å². The molecule has 1 aromatic carbocycles. The van der Waals surface area contributed by atoms with Crippen molar-refractivity contribution >= 4 is 33.3 Å². The number of rotatable bonds is 9. The van der Waals surface area contributed by atoms with Crippen molar-refractivity contribution in [3.05, 3.63) is 88.3 Å². The van der Waals surface area contributed by atoms with Crippen molar-refractivity contribution in [1.82, 2.24) is 24.7 Å². The summed E-state index contributed by atoms with van der Waals surface area (Å²) in [5, 5.41) is 11.8. The first kappa shape index (κ1) is 22.2. The Kier molecular flexibility index (Phi) is 6.33. The monoisotopic (exact) mass is 491 g/mol. The molecule has 1 N–H and O–H groups in total. The first-order valence-electron chi connectivity index (χ1n) is 10.5. The van der Waals surface area contributed by atoms with Gasteiger partial charge in [-0.15, -0.1) is 28.1 Å². The number of thiophene rings is 1. The highest BCUT2D eigenvalue weighted by atomic mass is 32.2. The van der Waals surface area contributed by atoms with Crippen LogP contribution in [0.25, 0.3) is 21.5 Å². The maximum atomic E-state index is 12.8. The quantitative estimate of drug-likeness (QED) is 0.223. The maximum absolute atomic E-state index is 12.8. The van der Waals surface area contributed by atoms with E-state index in [1.165, 1.54) is 23.1 Å². The van der Waals surface area contributed by atoms with Crippen molar-refractivity contribution in [2.45, 2.75) is 31.0 Å². The second-order valence-corrected chi connectivity index (χ2v) is 9.31. The molecule has 0 atom stereocenters. The van der Waals surface area contributed by atoms with Crippen LogP contribution in [0, 0.1) is 6.92 Å². The summed E-state index contributed by atoms with van der Waals surface area (Å²) in [6, 6.07) is 11.5. The topological polar surface area (TPSA) is 98.8 Å². The summed E-state index contributed by atoms with van der Waals surface area (Å²) in [6.07, 6.45) is 3.38. The van der Waals surface area contributed by atoms with Gasteiger partial charge in [-0.05, 0) is 36.8 Å². The molecule has 0 bridgehead atoms. The van der Waals surface area contributed by atoms with Crippen molar-refractivity contribution in [3.8, 4) is 17.1 Å². The van der Waals surface area contributed by atoms with E-state index in [-0.39, 0.29) is 12.2 Å². The molecular weight excluding hydrogens is 470 g/mol. The van der Waals surface area contributed by atoms with E-state index >= 15 is 0 Å². The molecule has 0 aliphatic heterocycles. The number of thioether (sulfide) groups is 1. The lowest BCUT2D eigenvalue weighted by atomic mass is 10.2. The van der Waals surface area contributed by atoms with E-state index < -0.39 is 0 Å². The van der Waals surface area contributed by atoms with Crippen molar-refractivity contribution in [3.63, 3.8) is 0 Å². The van der Waals surface area contributed by atoms with Crippen LogP contribution in [-0.2, 0) is 18.9 Å². The smallest absolute Gasteiger partial charge is 0.260 e. The van der Waals surface area contributed by atoms with Crippen LogP contribution in [0.3, 0.4) is 0 Å². The summed E-state index contributed by atoms with van der Waals surface area (Å²) in [4.78, 5) is 21.0. The predicted molar refractivity (Wildman–Crippen MR) is 133 cm³/mol. The first-order chi connectivity index (χ1) is 16.6. The average Bonchev–Trinajstić information content (AvgIpc) is 3.57. The lowest BCUT2D eigenvalue weighted by molar-refractivity contribution is 0.289. The Morgan fingerprint density at radius 2 is 2.21 bits per heavy atom. The fourth-order valence-corrected chi connectivity index (χ4v) is 5.29. The molecule has 0 saturated carbocycles. The number of aryl methyl sites for hydroxylation is 1. The minimum atomic E-state index is -0.187. The Labute approximate surface area is 203 Å². The average molecular weight is 492 g/mol. The number of hydrogen-bond donors (Lipinski definition) is 1. The molecule has 0 unspecified atom stereocenters. The third-order valence-corrected chi connectivity index (χ3v) is 6.93. The number of furan rings is 1. The molecule has 172 valence electrons. The van der Waals surface area contributed by atoms with E-state index in [4.69, 9.17) is 9.15 Å². The minimum Gasteiger partial charge on any atom is -0.486 e. The number of aromatic amines is 1. The number of H-pyrrole nitrogens is 1. The van der Waals surface area contributed by atoms with Gasteiger partial charge in [-0.25, -0.2) is 4.98 Å². The largest absolute Gasteiger partial charge is 0.486 e. The number of nitrogens with zero attached hydrogens (tertiary/aromatic N) is 4. The van der Waals surface area contributed by atoms with Crippen molar-refractivity contribution in [2.24, 2.45) is 0 Å². The third-order valence-electron chi connectivity index (χ3n) is 5.08. The van der Waals surface area contributed by atoms with E-state index in [0.717, 1.165) is 16.9 Å². The SMILES string of the molecule is C=CCn1c(COc2cccc(C)c2)nnc1SCc1nc2scc(-c3ccco3)c2c(=O)[nH]1. The number of fused-ring (bicyclic) bond motifs is 1. The Morgan fingerprint density at radius 1 is 1.29 bits per heavy atom. The van der Waals surface area contributed by atoms with E-state index in [0.29, 0.717) is 45.1 Å². The molecule has 8 nitrogen and oxygen atoms in total. The van der Waals surface area contributed by atoms with E-state index in [9.17, 15) is 4.79 Å². The van der Waals surface area contributed by atoms with Gasteiger partial charge in [0, 0.05) is 17.5 Å². The summed E-state index contributed by atoms with van der Waals surface area (Å²) in [7, 11) is 0. The zero-order chi connectivity index (χ0) is 23.5. The van der Waals surface area contributed by atoms with Crippen LogP contribution in [0.4, 0.5) is 0 Å². The number of allylic oxidation sites excluding steroid dienone is 1. The van der Waals surface area contributed by atoms with Crippen LogP contribution in [0.15, 0.2) is 75.1 Å². The summed E-state index contributed by atoms with van der Waals surface area (Å²) < 4.78 is 13.3. The first-order valence-corrected chi connectivity index (χ1v) is 12.4. The molecule has 0 spiro atoms. The number of hydrogen-bond acceptors (Lipinski definition) is 8. The highest BCUT2D eigenvalue weighted by Crippen LogP contribution is 2.31. The highest BCUT2D eigenvalue weighted by molar-refractivity contribution is 7.98. The summed E-state index contributed by atoms with van der Waals surface area (Å²) in [5.74, 6) is 3.14. The molecule has 0 amide bonds. The molecule has 0 saturated heterocycles. The van der Waals surface area contributed by atoms with Crippen molar-refractivity contribution in [1.29, 1.82) is 0 Å². The fourth-order valence-electron chi connectivity index (χ4n) is 3.51. The molecule has 0 aliphatic rings. The number of nitrogens with one attached hydrogen (secondary N) is 1. The van der Waals surface area contributed by atoms with Crippen molar-refractivity contribution in [2.75, 3.05) is 0 Å². The van der Waals surface area contributed by atoms with Gasteiger partial charge in [0.1, 0.15) is 28.8 Å². The van der Waals surface area contributed by atoms with E-state index in [2.05, 4.69) is 26.7 Å². The molecule has 0 fully saturated rings. The van der Waals surface area contributed by atoms with Gasteiger partial charge in [-0.3, -0.25) is 9.36 Å². The van der Waals surface area contributed by atoms with Gasteiger partial charge in [0.2, 0.25) is 0 Å². The zero-order valence-corrected chi connectivity index (χ0v) is 20.0. The molecule has 10 heteroatoms. The Balaban J connectivity index is 1.33. The summed E-state index contributed by atoms with van der Waals surface area (Å²) in [6.45, 7) is 6.69. The number of benzene rings is 1. The second-order valence-electron chi connectivity index (χ2n) is 7.51. The standard InChI is InChI=1S/C24H21N5O3S2/c1-3-9-29-20(12-32-16-7-4-6-15(2)11-16)27-28-24(29)34-14-19-25-22(30)21-17(13-33-23(21)26-19)18-8-5-10-31-18/h3-8,10-11,13H,1,9,12,14H2,2H3,(H,25,26,30). The fraction of sp³-hybridized carbons (Fsp3) is 0.167. The maximum Gasteiger partial charge on any atom is 0.260 e. The second kappa shape index (κ2) is 9.70. The lowest BCUT2D eigenvalue weighted by Gasteiger charge is -2.09. The van der Waals surface area contributed by atoms with Gasteiger partial charge < -0.3 is 14.1 Å². The minimum absolute atomic E-state index is 0.187. The molecule has 0 radical (unpaired) electrons.